The van der Waals surface area contributed by atoms with Crippen molar-refractivity contribution in [3.63, 3.8) is 0 Å². The molecule has 0 aromatic heterocycles. The lowest BCUT2D eigenvalue weighted by Gasteiger charge is -2.23. The van der Waals surface area contributed by atoms with Crippen LogP contribution < -0.4 is 16.2 Å². The first kappa shape index (κ1) is 11.9. The van der Waals surface area contributed by atoms with Crippen molar-refractivity contribution in [2.24, 2.45) is 5.73 Å². The van der Waals surface area contributed by atoms with E-state index in [-0.39, 0.29) is 5.91 Å². The van der Waals surface area contributed by atoms with E-state index < -0.39 is 0 Å². The molecule has 4 nitrogen and oxygen atoms in total. The topological polar surface area (TPSA) is 58.4 Å². The molecule has 92 valence electrons. The Balaban J connectivity index is 2.24. The number of nitrogens with one attached hydrogen (secondary N) is 1. The van der Waals surface area contributed by atoms with Crippen LogP contribution in [-0.4, -0.2) is 19.0 Å². The molecule has 1 fully saturated rings. The molecule has 1 aliphatic heterocycles. The molecule has 4 heteroatoms. The van der Waals surface area contributed by atoms with Crippen LogP contribution in [0.25, 0.3) is 0 Å². The molecule has 1 unspecified atom stereocenters. The second-order valence-corrected chi connectivity index (χ2v) is 4.47. The van der Waals surface area contributed by atoms with Crippen molar-refractivity contribution in [2.45, 2.75) is 25.7 Å². The summed E-state index contributed by atoms with van der Waals surface area (Å²) in [5.74, 6) is 0.500. The molecular weight excluding hydrogens is 214 g/mol. The third-order valence-corrected chi connectivity index (χ3v) is 3.18. The second-order valence-electron chi connectivity index (χ2n) is 4.47. The Labute approximate surface area is 102 Å². The molecule has 0 saturated carbocycles. The van der Waals surface area contributed by atoms with Crippen molar-refractivity contribution < 1.29 is 4.79 Å². The van der Waals surface area contributed by atoms with Gasteiger partial charge in [0, 0.05) is 13.0 Å². The third-order valence-electron chi connectivity index (χ3n) is 3.18. The highest BCUT2D eigenvalue weighted by Gasteiger charge is 2.22. The predicted molar refractivity (Wildman–Crippen MR) is 68.6 cm³/mol. The van der Waals surface area contributed by atoms with Gasteiger partial charge in [0.15, 0.2) is 0 Å². The summed E-state index contributed by atoms with van der Waals surface area (Å²) in [6.45, 7) is 3.59. The van der Waals surface area contributed by atoms with Gasteiger partial charge in [0.05, 0.1) is 5.69 Å². The SMILES string of the molecule is CC(CCN)c1ccccc1N1CCC(=O)N1. The van der Waals surface area contributed by atoms with Gasteiger partial charge in [-0.05, 0) is 30.5 Å². The van der Waals surface area contributed by atoms with E-state index in [1.807, 2.05) is 23.2 Å². The largest absolute Gasteiger partial charge is 0.330 e. The van der Waals surface area contributed by atoms with E-state index in [2.05, 4.69) is 18.4 Å². The maximum absolute atomic E-state index is 11.3. The van der Waals surface area contributed by atoms with Gasteiger partial charge in [0.2, 0.25) is 5.91 Å². The highest BCUT2D eigenvalue weighted by atomic mass is 16.2. The van der Waals surface area contributed by atoms with Crippen LogP contribution in [0.3, 0.4) is 0 Å². The molecule has 1 atom stereocenters. The van der Waals surface area contributed by atoms with Crippen LogP contribution in [0.15, 0.2) is 24.3 Å². The summed E-state index contributed by atoms with van der Waals surface area (Å²) in [5, 5.41) is 1.94. The average molecular weight is 233 g/mol. The number of para-hydroxylation sites is 1. The maximum atomic E-state index is 11.3. The fourth-order valence-electron chi connectivity index (χ4n) is 2.21. The van der Waals surface area contributed by atoms with E-state index in [1.54, 1.807) is 0 Å². The summed E-state index contributed by atoms with van der Waals surface area (Å²) >= 11 is 0. The Kier molecular flexibility index (Phi) is 3.64. The highest BCUT2D eigenvalue weighted by molar-refractivity contribution is 5.82. The van der Waals surface area contributed by atoms with Gasteiger partial charge in [-0.2, -0.15) is 0 Å². The number of carbonyl (C=O) groups excluding carboxylic acids is 1. The van der Waals surface area contributed by atoms with Crippen LogP contribution in [0.1, 0.15) is 31.2 Å². The van der Waals surface area contributed by atoms with E-state index in [0.29, 0.717) is 18.9 Å². The van der Waals surface area contributed by atoms with Crippen molar-refractivity contribution >= 4 is 11.6 Å². The van der Waals surface area contributed by atoms with E-state index in [0.717, 1.165) is 18.7 Å². The van der Waals surface area contributed by atoms with Crippen molar-refractivity contribution in [2.75, 3.05) is 18.1 Å². The minimum absolute atomic E-state index is 0.0891. The van der Waals surface area contributed by atoms with E-state index >= 15 is 0 Å². The highest BCUT2D eigenvalue weighted by Crippen LogP contribution is 2.29. The zero-order valence-corrected chi connectivity index (χ0v) is 10.1. The normalized spacial score (nSPS) is 17.1. The van der Waals surface area contributed by atoms with Crippen molar-refractivity contribution in [3.8, 4) is 0 Å². The lowest BCUT2D eigenvalue weighted by Crippen LogP contribution is -2.33. The van der Waals surface area contributed by atoms with Gasteiger partial charge in [-0.1, -0.05) is 25.1 Å². The van der Waals surface area contributed by atoms with Crippen LogP contribution in [-0.2, 0) is 4.79 Å². The van der Waals surface area contributed by atoms with Crippen molar-refractivity contribution in [3.05, 3.63) is 29.8 Å². The number of nitrogens with zero attached hydrogens (tertiary/aromatic N) is 1. The zero-order chi connectivity index (χ0) is 12.3. The average Bonchev–Trinajstić information content (AvgIpc) is 2.76. The minimum atomic E-state index is 0.0891. The standard InChI is InChI=1S/C13H19N3O/c1-10(6-8-14)11-4-2-3-5-12(11)16-9-7-13(17)15-16/h2-5,10H,6-9,14H2,1H3,(H,15,17). The Morgan fingerprint density at radius 1 is 1.47 bits per heavy atom. The van der Waals surface area contributed by atoms with Gasteiger partial charge in [-0.15, -0.1) is 0 Å². The van der Waals surface area contributed by atoms with Gasteiger partial charge >= 0.3 is 0 Å². The van der Waals surface area contributed by atoms with Crippen molar-refractivity contribution in [1.82, 2.24) is 5.43 Å². The fourth-order valence-corrected chi connectivity index (χ4v) is 2.21. The first-order valence-electron chi connectivity index (χ1n) is 6.08. The molecule has 1 aliphatic rings. The number of hydrogen-bond acceptors (Lipinski definition) is 3. The monoisotopic (exact) mass is 233 g/mol. The molecule has 0 radical (unpaired) electrons. The van der Waals surface area contributed by atoms with Crippen LogP contribution in [0.5, 0.6) is 0 Å². The smallest absolute Gasteiger partial charge is 0.240 e. The molecule has 17 heavy (non-hydrogen) atoms. The number of carbonyl (C=O) groups is 1. The summed E-state index contributed by atoms with van der Waals surface area (Å²) < 4.78 is 0. The summed E-state index contributed by atoms with van der Waals surface area (Å²) in [4.78, 5) is 11.3. The van der Waals surface area contributed by atoms with E-state index in [9.17, 15) is 4.79 Å². The quantitative estimate of drug-likeness (QED) is 0.826. The first-order chi connectivity index (χ1) is 8.22. The Morgan fingerprint density at radius 3 is 2.88 bits per heavy atom. The molecular formula is C13H19N3O. The number of nitrogens with two attached hydrogens (primary N) is 1. The van der Waals surface area contributed by atoms with Gasteiger partial charge in [0.1, 0.15) is 0 Å². The van der Waals surface area contributed by atoms with Gasteiger partial charge in [-0.25, -0.2) is 0 Å². The molecule has 1 saturated heterocycles. The Morgan fingerprint density at radius 2 is 2.24 bits per heavy atom. The lowest BCUT2D eigenvalue weighted by atomic mass is 9.96. The third kappa shape index (κ3) is 2.58. The van der Waals surface area contributed by atoms with Crippen LogP contribution in [0.2, 0.25) is 0 Å². The van der Waals surface area contributed by atoms with Gasteiger partial charge < -0.3 is 5.73 Å². The first-order valence-corrected chi connectivity index (χ1v) is 6.08. The summed E-state index contributed by atoms with van der Waals surface area (Å²) in [7, 11) is 0. The number of rotatable bonds is 4. The molecule has 0 spiro atoms. The summed E-state index contributed by atoms with van der Waals surface area (Å²) in [6.07, 6.45) is 1.53. The second kappa shape index (κ2) is 5.19. The Bertz CT molecular complexity index is 405. The molecule has 1 aromatic rings. The molecule has 1 amide bonds. The number of amides is 1. The van der Waals surface area contributed by atoms with Crippen LogP contribution >= 0.6 is 0 Å². The molecule has 1 heterocycles. The minimum Gasteiger partial charge on any atom is -0.330 e. The van der Waals surface area contributed by atoms with E-state index in [4.69, 9.17) is 5.73 Å². The maximum Gasteiger partial charge on any atom is 0.240 e. The molecule has 0 aliphatic carbocycles. The predicted octanol–water partition coefficient (Wildman–Crippen LogP) is 1.38. The number of anilines is 1. The zero-order valence-electron chi connectivity index (χ0n) is 10.1. The summed E-state index contributed by atoms with van der Waals surface area (Å²) in [5.41, 5.74) is 10.8. The van der Waals surface area contributed by atoms with Gasteiger partial charge in [-0.3, -0.25) is 15.2 Å². The lowest BCUT2D eigenvalue weighted by molar-refractivity contribution is -0.119. The number of hydrazine groups is 1. The fraction of sp³-hybridized carbons (Fsp3) is 0.462. The Hall–Kier alpha value is -1.55. The number of benzene rings is 1. The van der Waals surface area contributed by atoms with E-state index in [1.165, 1.54) is 5.56 Å². The molecule has 1 aromatic carbocycles. The molecule has 0 bridgehead atoms. The molecule has 3 N–H and O–H groups in total. The number of hydrogen-bond donors (Lipinski definition) is 2. The van der Waals surface area contributed by atoms with Gasteiger partial charge in [0.25, 0.3) is 0 Å². The van der Waals surface area contributed by atoms with Crippen molar-refractivity contribution in [1.29, 1.82) is 0 Å². The van der Waals surface area contributed by atoms with Crippen LogP contribution in [0.4, 0.5) is 5.69 Å². The molecule has 2 rings (SSSR count). The summed E-state index contributed by atoms with van der Waals surface area (Å²) in [6, 6.07) is 8.19. The van der Waals surface area contributed by atoms with Crippen LogP contribution in [0, 0.1) is 0 Å².